The van der Waals surface area contributed by atoms with Gasteiger partial charge in [-0.15, -0.1) is 0 Å². The molecule has 2 heteroatoms. The Morgan fingerprint density at radius 3 is 2.56 bits per heavy atom. The van der Waals surface area contributed by atoms with Crippen molar-refractivity contribution in [2.45, 2.75) is 13.8 Å². The molecule has 0 bridgehead atoms. The van der Waals surface area contributed by atoms with Gasteiger partial charge in [-0.3, -0.25) is 0 Å². The summed E-state index contributed by atoms with van der Waals surface area (Å²) >= 11 is 0. The van der Waals surface area contributed by atoms with Crippen molar-refractivity contribution in [3.05, 3.63) is 0 Å². The van der Waals surface area contributed by atoms with E-state index in [0.29, 0.717) is 17.9 Å². The van der Waals surface area contributed by atoms with Crippen molar-refractivity contribution in [1.29, 1.82) is 0 Å². The Balaban J connectivity index is 2.52. The number of hydrogen-bond acceptors (Lipinski definition) is 2. The van der Waals surface area contributed by atoms with E-state index in [1.807, 2.05) is 0 Å². The molecule has 1 unspecified atom stereocenters. The molecule has 0 aliphatic carbocycles. The van der Waals surface area contributed by atoms with Gasteiger partial charge in [0.2, 0.25) is 0 Å². The van der Waals surface area contributed by atoms with Crippen LogP contribution in [0.25, 0.3) is 0 Å². The van der Waals surface area contributed by atoms with Gasteiger partial charge < -0.3 is 10.4 Å². The highest BCUT2D eigenvalue weighted by atomic mass is 16.3. The number of rotatable bonds is 1. The van der Waals surface area contributed by atoms with Crippen molar-refractivity contribution >= 4 is 0 Å². The van der Waals surface area contributed by atoms with Crippen LogP contribution in [0.2, 0.25) is 0 Å². The van der Waals surface area contributed by atoms with Gasteiger partial charge in [0, 0.05) is 25.6 Å². The fourth-order valence-corrected chi connectivity index (χ4v) is 1.30. The Morgan fingerprint density at radius 1 is 1.67 bits per heavy atom. The summed E-state index contributed by atoms with van der Waals surface area (Å²) in [5.41, 5.74) is 0.300. The average Bonchev–Trinajstić information content (AvgIpc) is 2.08. The third kappa shape index (κ3) is 1.25. The molecule has 0 aromatic rings. The minimum absolute atomic E-state index is 0.300. The summed E-state index contributed by atoms with van der Waals surface area (Å²) < 4.78 is 0. The minimum Gasteiger partial charge on any atom is -0.396 e. The molecule has 0 amide bonds. The van der Waals surface area contributed by atoms with Gasteiger partial charge in [0.05, 0.1) is 0 Å². The van der Waals surface area contributed by atoms with Gasteiger partial charge >= 0.3 is 0 Å². The maximum Gasteiger partial charge on any atom is 0.0477 e. The van der Waals surface area contributed by atoms with Crippen molar-refractivity contribution in [3.8, 4) is 0 Å². The maximum absolute atomic E-state index is 8.86. The van der Waals surface area contributed by atoms with E-state index < -0.39 is 0 Å². The van der Waals surface area contributed by atoms with Crippen LogP contribution in [0.15, 0.2) is 0 Å². The van der Waals surface area contributed by atoms with Crippen molar-refractivity contribution in [3.63, 3.8) is 0 Å². The second-order valence-corrected chi connectivity index (χ2v) is 3.50. The number of aliphatic hydroxyl groups excluding tert-OH is 1. The van der Waals surface area contributed by atoms with Gasteiger partial charge in [-0.25, -0.2) is 0 Å². The lowest BCUT2D eigenvalue weighted by Gasteiger charge is -2.23. The lowest BCUT2D eigenvalue weighted by atomic mass is 9.83. The van der Waals surface area contributed by atoms with Crippen LogP contribution in [0.1, 0.15) is 13.8 Å². The summed E-state index contributed by atoms with van der Waals surface area (Å²) in [6.07, 6.45) is 0. The highest BCUT2D eigenvalue weighted by Crippen LogP contribution is 2.29. The molecule has 54 valence electrons. The van der Waals surface area contributed by atoms with E-state index in [1.165, 1.54) is 0 Å². The fraction of sp³-hybridized carbons (Fsp3) is 1.00. The molecule has 1 aliphatic heterocycles. The standard InChI is InChI=1S/C7H15NO/c1-7(2)5-8-3-6(7)4-9/h6,8-9H,3-5H2,1-2H3. The second kappa shape index (κ2) is 2.27. The molecule has 0 aromatic carbocycles. The first kappa shape index (κ1) is 7.03. The predicted molar refractivity (Wildman–Crippen MR) is 37.2 cm³/mol. The highest BCUT2D eigenvalue weighted by Gasteiger charge is 2.33. The van der Waals surface area contributed by atoms with E-state index in [2.05, 4.69) is 19.2 Å². The van der Waals surface area contributed by atoms with Crippen LogP contribution < -0.4 is 5.32 Å². The normalized spacial score (nSPS) is 33.0. The summed E-state index contributed by atoms with van der Waals surface area (Å²) in [5.74, 6) is 0.456. The quantitative estimate of drug-likeness (QED) is 0.531. The zero-order chi connectivity index (χ0) is 6.91. The van der Waals surface area contributed by atoms with Gasteiger partial charge in [-0.1, -0.05) is 13.8 Å². The van der Waals surface area contributed by atoms with Crippen LogP contribution >= 0.6 is 0 Å². The van der Waals surface area contributed by atoms with E-state index in [4.69, 9.17) is 5.11 Å². The van der Waals surface area contributed by atoms with E-state index in [0.717, 1.165) is 13.1 Å². The lowest BCUT2D eigenvalue weighted by molar-refractivity contribution is 0.161. The van der Waals surface area contributed by atoms with Gasteiger partial charge in [-0.2, -0.15) is 0 Å². The van der Waals surface area contributed by atoms with E-state index in [-0.39, 0.29) is 0 Å². The smallest absolute Gasteiger partial charge is 0.0477 e. The summed E-state index contributed by atoms with van der Waals surface area (Å²) in [6.45, 7) is 6.71. The van der Waals surface area contributed by atoms with Crippen LogP contribution in [0.4, 0.5) is 0 Å². The Bertz CT molecular complexity index is 101. The summed E-state index contributed by atoms with van der Waals surface area (Å²) in [7, 11) is 0. The zero-order valence-electron chi connectivity index (χ0n) is 6.15. The molecule has 1 aliphatic rings. The molecule has 1 rings (SSSR count). The van der Waals surface area contributed by atoms with E-state index in [9.17, 15) is 0 Å². The largest absolute Gasteiger partial charge is 0.396 e. The molecule has 0 aromatic heterocycles. The SMILES string of the molecule is CC1(C)CNCC1CO. The molecule has 1 saturated heterocycles. The molecule has 2 nitrogen and oxygen atoms in total. The summed E-state index contributed by atoms with van der Waals surface area (Å²) in [6, 6.07) is 0. The van der Waals surface area contributed by atoms with Crippen molar-refractivity contribution < 1.29 is 5.11 Å². The molecule has 0 spiro atoms. The molecule has 0 radical (unpaired) electrons. The van der Waals surface area contributed by atoms with Crippen LogP contribution in [0.3, 0.4) is 0 Å². The molecule has 1 heterocycles. The van der Waals surface area contributed by atoms with Gasteiger partial charge in [0.1, 0.15) is 0 Å². The average molecular weight is 129 g/mol. The number of nitrogens with one attached hydrogen (secondary N) is 1. The van der Waals surface area contributed by atoms with Gasteiger partial charge in [-0.05, 0) is 5.41 Å². The molecular formula is C7H15NO. The fourth-order valence-electron chi connectivity index (χ4n) is 1.30. The highest BCUT2D eigenvalue weighted by molar-refractivity contribution is 4.87. The van der Waals surface area contributed by atoms with Crippen LogP contribution in [-0.4, -0.2) is 24.8 Å². The first-order chi connectivity index (χ1) is 4.17. The lowest BCUT2D eigenvalue weighted by Crippen LogP contribution is -2.24. The third-order valence-electron chi connectivity index (χ3n) is 2.30. The Labute approximate surface area is 56.3 Å². The first-order valence-electron chi connectivity index (χ1n) is 3.48. The van der Waals surface area contributed by atoms with Crippen LogP contribution in [0, 0.1) is 11.3 Å². The molecule has 1 fully saturated rings. The zero-order valence-corrected chi connectivity index (χ0v) is 6.15. The number of aliphatic hydroxyl groups is 1. The molecule has 1 atom stereocenters. The van der Waals surface area contributed by atoms with Crippen molar-refractivity contribution in [2.75, 3.05) is 19.7 Å². The van der Waals surface area contributed by atoms with Gasteiger partial charge in [0.25, 0.3) is 0 Å². The van der Waals surface area contributed by atoms with E-state index >= 15 is 0 Å². The maximum atomic E-state index is 8.86. The summed E-state index contributed by atoms with van der Waals surface area (Å²) in [4.78, 5) is 0. The Hall–Kier alpha value is -0.0800. The first-order valence-corrected chi connectivity index (χ1v) is 3.48. The van der Waals surface area contributed by atoms with Gasteiger partial charge in [0.15, 0.2) is 0 Å². The minimum atomic E-state index is 0.300. The van der Waals surface area contributed by atoms with Crippen molar-refractivity contribution in [1.82, 2.24) is 5.32 Å². The number of hydrogen-bond donors (Lipinski definition) is 2. The topological polar surface area (TPSA) is 32.3 Å². The molecule has 9 heavy (non-hydrogen) atoms. The Morgan fingerprint density at radius 2 is 2.33 bits per heavy atom. The molecular weight excluding hydrogens is 114 g/mol. The second-order valence-electron chi connectivity index (χ2n) is 3.50. The Kier molecular flexibility index (Phi) is 1.78. The van der Waals surface area contributed by atoms with E-state index in [1.54, 1.807) is 0 Å². The van der Waals surface area contributed by atoms with Crippen LogP contribution in [-0.2, 0) is 0 Å². The monoisotopic (exact) mass is 129 g/mol. The summed E-state index contributed by atoms with van der Waals surface area (Å²) in [5, 5.41) is 12.1. The van der Waals surface area contributed by atoms with Crippen molar-refractivity contribution in [2.24, 2.45) is 11.3 Å². The molecule has 0 saturated carbocycles. The van der Waals surface area contributed by atoms with Crippen LogP contribution in [0.5, 0.6) is 0 Å². The predicted octanol–water partition coefficient (Wildman–Crippen LogP) is 0.224. The molecule has 2 N–H and O–H groups in total. The third-order valence-corrected chi connectivity index (χ3v) is 2.30.